The Morgan fingerprint density at radius 2 is 1.76 bits per heavy atom. The minimum absolute atomic E-state index is 0.248. The molecule has 0 radical (unpaired) electrons. The SMILES string of the molecule is COC(=O)[C@H]1[C@@H](c2ccccc2)N[C@@](C)(C(=O)OC)[C@@H]1C. The van der Waals surface area contributed by atoms with E-state index in [0.29, 0.717) is 0 Å². The molecule has 1 aromatic carbocycles. The first-order valence-corrected chi connectivity index (χ1v) is 6.94. The molecule has 2 rings (SSSR count). The van der Waals surface area contributed by atoms with Gasteiger partial charge in [0.15, 0.2) is 0 Å². The number of carbonyl (C=O) groups is 2. The number of hydrogen-bond acceptors (Lipinski definition) is 5. The van der Waals surface area contributed by atoms with Crippen LogP contribution in [0.1, 0.15) is 25.5 Å². The van der Waals surface area contributed by atoms with Crippen LogP contribution in [0.2, 0.25) is 0 Å². The third kappa shape index (κ3) is 2.53. The summed E-state index contributed by atoms with van der Waals surface area (Å²) in [6, 6.07) is 9.31. The quantitative estimate of drug-likeness (QED) is 0.859. The van der Waals surface area contributed by atoms with E-state index in [9.17, 15) is 9.59 Å². The number of esters is 2. The minimum Gasteiger partial charge on any atom is -0.469 e. The summed E-state index contributed by atoms with van der Waals surface area (Å²) in [5.41, 5.74) is 0.0288. The smallest absolute Gasteiger partial charge is 0.326 e. The summed E-state index contributed by atoms with van der Waals surface area (Å²) < 4.78 is 9.83. The van der Waals surface area contributed by atoms with Crippen molar-refractivity contribution >= 4 is 11.9 Å². The third-order valence-electron chi connectivity index (χ3n) is 4.51. The van der Waals surface area contributed by atoms with Crippen LogP contribution in [0.4, 0.5) is 0 Å². The molecule has 21 heavy (non-hydrogen) atoms. The highest BCUT2D eigenvalue weighted by molar-refractivity contribution is 5.84. The van der Waals surface area contributed by atoms with Crippen molar-refractivity contribution in [2.45, 2.75) is 25.4 Å². The number of methoxy groups -OCH3 is 2. The van der Waals surface area contributed by atoms with E-state index < -0.39 is 11.5 Å². The van der Waals surface area contributed by atoms with Gasteiger partial charge in [-0.2, -0.15) is 0 Å². The molecule has 114 valence electrons. The molecule has 1 aliphatic rings. The Morgan fingerprint density at radius 1 is 1.14 bits per heavy atom. The predicted molar refractivity (Wildman–Crippen MR) is 77.4 cm³/mol. The summed E-state index contributed by atoms with van der Waals surface area (Å²) in [6.45, 7) is 3.64. The highest BCUT2D eigenvalue weighted by Gasteiger charge is 2.56. The van der Waals surface area contributed by atoms with Gasteiger partial charge in [-0.05, 0) is 18.4 Å². The molecule has 0 spiro atoms. The maximum Gasteiger partial charge on any atom is 0.326 e. The molecule has 1 N–H and O–H groups in total. The zero-order valence-corrected chi connectivity index (χ0v) is 12.8. The summed E-state index contributed by atoms with van der Waals surface area (Å²) in [7, 11) is 2.72. The lowest BCUT2D eigenvalue weighted by atomic mass is 9.80. The van der Waals surface area contributed by atoms with E-state index >= 15 is 0 Å². The van der Waals surface area contributed by atoms with Gasteiger partial charge in [0, 0.05) is 6.04 Å². The monoisotopic (exact) mass is 291 g/mol. The average molecular weight is 291 g/mol. The topological polar surface area (TPSA) is 64.6 Å². The minimum atomic E-state index is -0.923. The van der Waals surface area contributed by atoms with Gasteiger partial charge >= 0.3 is 11.9 Å². The lowest BCUT2D eigenvalue weighted by Crippen LogP contribution is -2.50. The second-order valence-electron chi connectivity index (χ2n) is 5.56. The molecule has 1 heterocycles. The predicted octanol–water partition coefficient (Wildman–Crippen LogP) is 1.69. The summed E-state index contributed by atoms with van der Waals surface area (Å²) in [6.07, 6.45) is 0. The zero-order chi connectivity index (χ0) is 15.6. The molecular formula is C16H21NO4. The number of rotatable bonds is 3. The van der Waals surface area contributed by atoms with Gasteiger partial charge in [-0.3, -0.25) is 14.9 Å². The van der Waals surface area contributed by atoms with Gasteiger partial charge in [0.25, 0.3) is 0 Å². The second kappa shape index (κ2) is 5.85. The maximum absolute atomic E-state index is 12.2. The van der Waals surface area contributed by atoms with Crippen molar-refractivity contribution in [3.05, 3.63) is 35.9 Å². The Labute approximate surface area is 124 Å². The molecule has 1 aliphatic heterocycles. The van der Waals surface area contributed by atoms with E-state index in [1.54, 1.807) is 6.92 Å². The van der Waals surface area contributed by atoms with Gasteiger partial charge in [0.05, 0.1) is 20.1 Å². The van der Waals surface area contributed by atoms with Gasteiger partial charge in [-0.1, -0.05) is 37.3 Å². The molecule has 4 atom stereocenters. The summed E-state index contributed by atoms with van der Waals surface area (Å²) in [5, 5.41) is 3.27. The summed E-state index contributed by atoms with van der Waals surface area (Å²) in [5.74, 6) is -1.39. The van der Waals surface area contributed by atoms with E-state index in [-0.39, 0.29) is 23.9 Å². The van der Waals surface area contributed by atoms with Crippen molar-refractivity contribution in [2.24, 2.45) is 11.8 Å². The molecule has 0 amide bonds. The van der Waals surface area contributed by atoms with E-state index in [1.807, 2.05) is 37.3 Å². The van der Waals surface area contributed by atoms with Gasteiger partial charge < -0.3 is 9.47 Å². The van der Waals surface area contributed by atoms with Crippen molar-refractivity contribution in [1.82, 2.24) is 5.32 Å². The fraction of sp³-hybridized carbons (Fsp3) is 0.500. The lowest BCUT2D eigenvalue weighted by molar-refractivity contribution is -0.151. The standard InChI is InChI=1S/C16H21NO4/c1-10-12(14(18)20-3)13(11-8-6-5-7-9-11)17-16(10,2)15(19)21-4/h5-10,12-13,17H,1-4H3/t10-,12-,13-,16-/m1/s1. The molecule has 1 fully saturated rings. The average Bonchev–Trinajstić information content (AvgIpc) is 2.80. The van der Waals surface area contributed by atoms with Crippen LogP contribution in [-0.2, 0) is 19.1 Å². The van der Waals surface area contributed by atoms with Crippen molar-refractivity contribution in [3.63, 3.8) is 0 Å². The maximum atomic E-state index is 12.2. The lowest BCUT2D eigenvalue weighted by Gasteiger charge is -2.27. The van der Waals surface area contributed by atoms with Crippen LogP contribution in [0.3, 0.4) is 0 Å². The summed E-state index contributed by atoms with van der Waals surface area (Å²) in [4.78, 5) is 24.3. The number of nitrogens with one attached hydrogen (secondary N) is 1. The van der Waals surface area contributed by atoms with Crippen LogP contribution < -0.4 is 5.32 Å². The molecule has 0 unspecified atom stereocenters. The molecule has 0 aromatic heterocycles. The molecule has 0 saturated carbocycles. The molecule has 1 saturated heterocycles. The number of hydrogen-bond donors (Lipinski definition) is 1. The van der Waals surface area contributed by atoms with Gasteiger partial charge in [0.2, 0.25) is 0 Å². The van der Waals surface area contributed by atoms with E-state index in [2.05, 4.69) is 5.32 Å². The summed E-state index contributed by atoms with van der Waals surface area (Å²) >= 11 is 0. The van der Waals surface area contributed by atoms with Crippen LogP contribution in [0, 0.1) is 11.8 Å². The van der Waals surface area contributed by atoms with Crippen LogP contribution >= 0.6 is 0 Å². The van der Waals surface area contributed by atoms with E-state index in [0.717, 1.165) is 5.56 Å². The molecule has 0 aliphatic carbocycles. The van der Waals surface area contributed by atoms with Gasteiger partial charge in [-0.15, -0.1) is 0 Å². The van der Waals surface area contributed by atoms with Gasteiger partial charge in [-0.25, -0.2) is 0 Å². The first kappa shape index (κ1) is 15.5. The Balaban J connectivity index is 2.43. The third-order valence-corrected chi connectivity index (χ3v) is 4.51. The van der Waals surface area contributed by atoms with E-state index in [1.165, 1.54) is 14.2 Å². The van der Waals surface area contributed by atoms with Gasteiger partial charge in [0.1, 0.15) is 5.54 Å². The first-order chi connectivity index (χ1) is 9.95. The van der Waals surface area contributed by atoms with Crippen molar-refractivity contribution in [3.8, 4) is 0 Å². The Kier molecular flexibility index (Phi) is 4.32. The Bertz CT molecular complexity index is 530. The molecule has 5 nitrogen and oxygen atoms in total. The molecule has 0 bridgehead atoms. The Morgan fingerprint density at radius 3 is 2.29 bits per heavy atom. The second-order valence-corrected chi connectivity index (χ2v) is 5.56. The highest BCUT2D eigenvalue weighted by Crippen LogP contribution is 2.43. The Hall–Kier alpha value is -1.88. The van der Waals surface area contributed by atoms with Crippen LogP contribution in [0.25, 0.3) is 0 Å². The van der Waals surface area contributed by atoms with Crippen LogP contribution in [-0.4, -0.2) is 31.7 Å². The van der Waals surface area contributed by atoms with Crippen molar-refractivity contribution in [1.29, 1.82) is 0 Å². The van der Waals surface area contributed by atoms with Crippen molar-refractivity contribution < 1.29 is 19.1 Å². The first-order valence-electron chi connectivity index (χ1n) is 6.94. The fourth-order valence-electron chi connectivity index (χ4n) is 3.08. The van der Waals surface area contributed by atoms with Crippen molar-refractivity contribution in [2.75, 3.05) is 14.2 Å². The molecule has 5 heteroatoms. The fourth-order valence-corrected chi connectivity index (χ4v) is 3.08. The largest absolute Gasteiger partial charge is 0.469 e. The van der Waals surface area contributed by atoms with Crippen LogP contribution in [0.15, 0.2) is 30.3 Å². The number of benzene rings is 1. The van der Waals surface area contributed by atoms with Crippen LogP contribution in [0.5, 0.6) is 0 Å². The van der Waals surface area contributed by atoms with E-state index in [4.69, 9.17) is 9.47 Å². The number of carbonyl (C=O) groups excluding carboxylic acids is 2. The highest BCUT2D eigenvalue weighted by atomic mass is 16.5. The number of ether oxygens (including phenoxy) is 2. The zero-order valence-electron chi connectivity index (χ0n) is 12.8. The molecule has 1 aromatic rings. The normalized spacial score (nSPS) is 31.7. The molecular weight excluding hydrogens is 270 g/mol.